The van der Waals surface area contributed by atoms with Crippen molar-refractivity contribution in [2.75, 3.05) is 11.9 Å². The van der Waals surface area contributed by atoms with Crippen LogP contribution in [0.15, 0.2) is 24.3 Å². The molecule has 1 rings (SSSR count). The first-order valence-electron chi connectivity index (χ1n) is 11.4. The molecule has 8 nitrogen and oxygen atoms in total. The van der Waals surface area contributed by atoms with E-state index in [0.717, 1.165) is 50.5 Å². The quantitative estimate of drug-likeness (QED) is 0.154. The van der Waals surface area contributed by atoms with E-state index in [4.69, 9.17) is 10.3 Å². The van der Waals surface area contributed by atoms with E-state index in [9.17, 15) is 19.2 Å². The lowest BCUT2D eigenvalue weighted by Crippen LogP contribution is -2.17. The number of unbranched alkanes of at least 4 members (excludes halogenated alkanes) is 6. The third-order valence-electron chi connectivity index (χ3n) is 5.20. The van der Waals surface area contributed by atoms with Gasteiger partial charge in [0.2, 0.25) is 11.8 Å². The number of carbonyl (C=O) groups excluding carboxylic acids is 4. The number of aliphatic hydroxyl groups excluding tert-OH is 1. The Kier molecular flexibility index (Phi) is 14.6. The van der Waals surface area contributed by atoms with Gasteiger partial charge in [-0.15, -0.1) is 0 Å². The standard InChI is InChI=1S/C24H36N2O6/c27-18-21(29)13-6-2-3-7-15-23(30)25-22-14-10-9-11-19(22)17-20(28)12-5-1-4-8-16-24(31)26-32/h9-11,14,27,32H,1-8,12-13,15-18H2,(H,25,30)(H,26,31). The van der Waals surface area contributed by atoms with Crippen molar-refractivity contribution in [3.05, 3.63) is 29.8 Å². The van der Waals surface area contributed by atoms with Crippen LogP contribution in [-0.2, 0) is 25.6 Å². The number of aliphatic hydroxyl groups is 1. The zero-order chi connectivity index (χ0) is 23.6. The predicted molar refractivity (Wildman–Crippen MR) is 121 cm³/mol. The fourth-order valence-electron chi connectivity index (χ4n) is 3.37. The molecule has 0 aliphatic rings. The molecule has 0 aliphatic carbocycles. The Bertz CT molecular complexity index is 674. The van der Waals surface area contributed by atoms with Gasteiger partial charge in [-0.05, 0) is 37.3 Å². The highest BCUT2D eigenvalue weighted by atomic mass is 16.5. The minimum absolute atomic E-state index is 0.0942. The summed E-state index contributed by atoms with van der Waals surface area (Å²) in [5.74, 6) is -0.532. The molecule has 2 amide bonds. The van der Waals surface area contributed by atoms with Gasteiger partial charge in [-0.25, -0.2) is 5.48 Å². The van der Waals surface area contributed by atoms with Crippen molar-refractivity contribution in [2.45, 2.75) is 83.5 Å². The van der Waals surface area contributed by atoms with E-state index in [1.54, 1.807) is 11.5 Å². The molecule has 0 heterocycles. The van der Waals surface area contributed by atoms with Gasteiger partial charge < -0.3 is 10.4 Å². The normalized spacial score (nSPS) is 10.6. The molecule has 4 N–H and O–H groups in total. The molecule has 0 saturated heterocycles. The summed E-state index contributed by atoms with van der Waals surface area (Å²) in [6.45, 7) is -0.407. The second kappa shape index (κ2) is 17.0. The van der Waals surface area contributed by atoms with Crippen molar-refractivity contribution in [2.24, 2.45) is 0 Å². The van der Waals surface area contributed by atoms with E-state index in [0.29, 0.717) is 31.4 Å². The Morgan fingerprint density at radius 1 is 0.688 bits per heavy atom. The summed E-state index contributed by atoms with van der Waals surface area (Å²) >= 11 is 0. The number of hydroxylamine groups is 1. The number of amides is 2. The molecule has 0 bridgehead atoms. The monoisotopic (exact) mass is 448 g/mol. The number of para-hydroxylation sites is 1. The zero-order valence-electron chi connectivity index (χ0n) is 18.7. The SMILES string of the molecule is O=C(CO)CCCCCCC(=O)Nc1ccccc1CC(=O)CCCCCCC(=O)NO. The molecule has 0 radical (unpaired) electrons. The number of rotatable bonds is 18. The van der Waals surface area contributed by atoms with Crippen LogP contribution < -0.4 is 10.8 Å². The summed E-state index contributed by atoms with van der Waals surface area (Å²) in [5, 5.41) is 20.0. The maximum Gasteiger partial charge on any atom is 0.243 e. The largest absolute Gasteiger partial charge is 0.389 e. The van der Waals surface area contributed by atoms with Gasteiger partial charge in [-0.3, -0.25) is 24.4 Å². The summed E-state index contributed by atoms with van der Waals surface area (Å²) in [4.78, 5) is 46.6. The molecule has 0 saturated carbocycles. The van der Waals surface area contributed by atoms with Crippen molar-refractivity contribution >= 4 is 29.1 Å². The van der Waals surface area contributed by atoms with E-state index in [1.807, 2.05) is 18.2 Å². The predicted octanol–water partition coefficient (Wildman–Crippen LogP) is 3.48. The lowest BCUT2D eigenvalue weighted by atomic mass is 10.0. The van der Waals surface area contributed by atoms with Gasteiger partial charge in [-0.2, -0.15) is 0 Å². The Hall–Kier alpha value is -2.58. The van der Waals surface area contributed by atoms with Crippen LogP contribution in [0.3, 0.4) is 0 Å². The number of ketones is 2. The maximum absolute atomic E-state index is 12.3. The zero-order valence-corrected chi connectivity index (χ0v) is 18.7. The molecule has 0 aromatic heterocycles. The Labute approximate surface area is 189 Å². The second-order valence-electron chi connectivity index (χ2n) is 7.98. The minimum Gasteiger partial charge on any atom is -0.389 e. The Balaban J connectivity index is 2.29. The molecule has 0 aliphatic heterocycles. The van der Waals surface area contributed by atoms with Crippen molar-refractivity contribution in [3.63, 3.8) is 0 Å². The molecule has 32 heavy (non-hydrogen) atoms. The fourth-order valence-corrected chi connectivity index (χ4v) is 3.37. The molecular formula is C24H36N2O6. The number of hydrogen-bond donors (Lipinski definition) is 4. The molecule has 0 atom stereocenters. The van der Waals surface area contributed by atoms with Crippen LogP contribution in [0.4, 0.5) is 5.69 Å². The lowest BCUT2D eigenvalue weighted by Gasteiger charge is -2.11. The molecule has 8 heteroatoms. The van der Waals surface area contributed by atoms with Gasteiger partial charge in [0.1, 0.15) is 12.4 Å². The van der Waals surface area contributed by atoms with Crippen molar-refractivity contribution in [1.82, 2.24) is 5.48 Å². The van der Waals surface area contributed by atoms with E-state index in [-0.39, 0.29) is 30.3 Å². The Morgan fingerprint density at radius 2 is 1.22 bits per heavy atom. The van der Waals surface area contributed by atoms with Crippen LogP contribution in [0.5, 0.6) is 0 Å². The Morgan fingerprint density at radius 3 is 1.81 bits per heavy atom. The van der Waals surface area contributed by atoms with Crippen molar-refractivity contribution < 1.29 is 29.5 Å². The van der Waals surface area contributed by atoms with Gasteiger partial charge in [0, 0.05) is 37.8 Å². The van der Waals surface area contributed by atoms with Crippen LogP contribution in [0.25, 0.3) is 0 Å². The number of anilines is 1. The molecule has 0 unspecified atom stereocenters. The minimum atomic E-state index is -0.407. The van der Waals surface area contributed by atoms with Crippen LogP contribution in [0, 0.1) is 0 Å². The van der Waals surface area contributed by atoms with Gasteiger partial charge in [0.15, 0.2) is 5.78 Å². The first kappa shape index (κ1) is 27.5. The summed E-state index contributed by atoms with van der Waals surface area (Å²) in [6.07, 6.45) is 7.99. The summed E-state index contributed by atoms with van der Waals surface area (Å²) in [5.41, 5.74) is 3.06. The summed E-state index contributed by atoms with van der Waals surface area (Å²) in [6, 6.07) is 7.31. The van der Waals surface area contributed by atoms with E-state index in [2.05, 4.69) is 5.32 Å². The summed E-state index contributed by atoms with van der Waals surface area (Å²) in [7, 11) is 0. The van der Waals surface area contributed by atoms with Crippen LogP contribution in [0.2, 0.25) is 0 Å². The average Bonchev–Trinajstić information content (AvgIpc) is 2.79. The molecule has 1 aromatic rings. The first-order valence-corrected chi connectivity index (χ1v) is 11.4. The maximum atomic E-state index is 12.3. The van der Waals surface area contributed by atoms with Gasteiger partial charge >= 0.3 is 0 Å². The highest BCUT2D eigenvalue weighted by molar-refractivity contribution is 5.92. The fraction of sp³-hybridized carbons (Fsp3) is 0.583. The highest BCUT2D eigenvalue weighted by Crippen LogP contribution is 2.18. The molecular weight excluding hydrogens is 412 g/mol. The van der Waals surface area contributed by atoms with Gasteiger partial charge in [0.25, 0.3) is 0 Å². The number of carbonyl (C=O) groups is 4. The lowest BCUT2D eigenvalue weighted by molar-refractivity contribution is -0.129. The van der Waals surface area contributed by atoms with Crippen LogP contribution in [-0.4, -0.2) is 40.3 Å². The highest BCUT2D eigenvalue weighted by Gasteiger charge is 2.10. The van der Waals surface area contributed by atoms with Gasteiger partial charge in [0.05, 0.1) is 0 Å². The first-order chi connectivity index (χ1) is 15.5. The molecule has 1 aromatic carbocycles. The second-order valence-corrected chi connectivity index (χ2v) is 7.98. The van der Waals surface area contributed by atoms with E-state index >= 15 is 0 Å². The third kappa shape index (κ3) is 13.0. The van der Waals surface area contributed by atoms with E-state index in [1.165, 1.54) is 0 Å². The number of nitrogens with one attached hydrogen (secondary N) is 2. The van der Waals surface area contributed by atoms with Crippen LogP contribution >= 0.6 is 0 Å². The third-order valence-corrected chi connectivity index (χ3v) is 5.20. The number of hydrogen-bond acceptors (Lipinski definition) is 6. The van der Waals surface area contributed by atoms with Crippen molar-refractivity contribution in [3.8, 4) is 0 Å². The molecule has 0 spiro atoms. The molecule has 178 valence electrons. The topological polar surface area (TPSA) is 133 Å². The number of Topliss-reactive ketones (excluding diaryl/α,β-unsaturated/α-hetero) is 2. The smallest absolute Gasteiger partial charge is 0.243 e. The average molecular weight is 449 g/mol. The number of benzene rings is 1. The van der Waals surface area contributed by atoms with Crippen LogP contribution in [0.1, 0.15) is 82.6 Å². The van der Waals surface area contributed by atoms with Crippen molar-refractivity contribution in [1.29, 1.82) is 0 Å². The van der Waals surface area contributed by atoms with E-state index < -0.39 is 12.5 Å². The summed E-state index contributed by atoms with van der Waals surface area (Å²) < 4.78 is 0. The van der Waals surface area contributed by atoms with Gasteiger partial charge in [-0.1, -0.05) is 43.9 Å². The molecule has 0 fully saturated rings.